The number of aromatic nitrogens is 2. The van der Waals surface area contributed by atoms with Gasteiger partial charge in [0.05, 0.1) is 5.69 Å². The molecule has 0 spiro atoms. The van der Waals surface area contributed by atoms with Crippen molar-refractivity contribution in [3.8, 4) is 0 Å². The number of hydrogen-bond acceptors (Lipinski definition) is 4. The summed E-state index contributed by atoms with van der Waals surface area (Å²) in [6.45, 7) is 11.0. The van der Waals surface area contributed by atoms with Crippen molar-refractivity contribution in [1.82, 2.24) is 15.5 Å². The van der Waals surface area contributed by atoms with Crippen LogP contribution >= 0.6 is 0 Å². The van der Waals surface area contributed by atoms with Gasteiger partial charge in [0.2, 0.25) is 0 Å². The molecule has 2 heterocycles. The summed E-state index contributed by atoms with van der Waals surface area (Å²) >= 11 is 0. The summed E-state index contributed by atoms with van der Waals surface area (Å²) in [5.41, 5.74) is 0.983. The minimum Gasteiger partial charge on any atom is -0.355 e. The summed E-state index contributed by atoms with van der Waals surface area (Å²) in [5, 5.41) is 12.0. The molecule has 106 valence electrons. The lowest BCUT2D eigenvalue weighted by atomic mass is 9.96. The van der Waals surface area contributed by atoms with Gasteiger partial charge in [0.15, 0.2) is 5.82 Å². The fourth-order valence-electron chi connectivity index (χ4n) is 2.50. The van der Waals surface area contributed by atoms with E-state index >= 15 is 0 Å². The van der Waals surface area contributed by atoms with E-state index < -0.39 is 0 Å². The van der Waals surface area contributed by atoms with Crippen molar-refractivity contribution in [3.63, 3.8) is 0 Å². The number of nitrogens with zero attached hydrogens (tertiary/aromatic N) is 3. The summed E-state index contributed by atoms with van der Waals surface area (Å²) in [5.74, 6) is 2.58. The molecule has 2 rings (SSSR count). The Hall–Kier alpha value is -1.16. The smallest absolute Gasteiger partial charge is 0.151 e. The summed E-state index contributed by atoms with van der Waals surface area (Å²) in [6, 6.07) is 4.12. The van der Waals surface area contributed by atoms with Crippen molar-refractivity contribution in [2.24, 2.45) is 11.8 Å². The van der Waals surface area contributed by atoms with Gasteiger partial charge in [-0.1, -0.05) is 13.8 Å². The Kier molecular flexibility index (Phi) is 5.14. The highest BCUT2D eigenvalue weighted by Gasteiger charge is 2.19. The van der Waals surface area contributed by atoms with Crippen LogP contribution in [0.25, 0.3) is 0 Å². The summed E-state index contributed by atoms with van der Waals surface area (Å²) < 4.78 is 0. The maximum atomic E-state index is 4.27. The summed E-state index contributed by atoms with van der Waals surface area (Å²) in [6.07, 6.45) is 2.50. The molecular weight excluding hydrogens is 236 g/mol. The van der Waals surface area contributed by atoms with E-state index in [2.05, 4.69) is 40.3 Å². The zero-order valence-corrected chi connectivity index (χ0v) is 12.4. The number of hydrogen-bond donors (Lipinski definition) is 1. The normalized spacial score (nSPS) is 17.2. The number of rotatable bonds is 5. The molecule has 0 radical (unpaired) electrons. The predicted molar refractivity (Wildman–Crippen MR) is 79.4 cm³/mol. The first-order valence-electron chi connectivity index (χ1n) is 7.41. The first-order valence-corrected chi connectivity index (χ1v) is 7.41. The van der Waals surface area contributed by atoms with E-state index in [0.29, 0.717) is 0 Å². The third kappa shape index (κ3) is 4.46. The van der Waals surface area contributed by atoms with E-state index in [1.165, 1.54) is 12.8 Å². The first-order chi connectivity index (χ1) is 9.15. The first kappa shape index (κ1) is 14.3. The van der Waals surface area contributed by atoms with Gasteiger partial charge in [-0.05, 0) is 56.8 Å². The van der Waals surface area contributed by atoms with Crippen LogP contribution in [0.5, 0.6) is 0 Å². The third-order valence-electron chi connectivity index (χ3n) is 3.71. The highest BCUT2D eigenvalue weighted by atomic mass is 15.3. The Balaban J connectivity index is 1.74. The lowest BCUT2D eigenvalue weighted by Crippen LogP contribution is -2.38. The molecule has 0 bridgehead atoms. The van der Waals surface area contributed by atoms with Crippen LogP contribution in [0.2, 0.25) is 0 Å². The van der Waals surface area contributed by atoms with Crippen molar-refractivity contribution in [2.75, 3.05) is 31.1 Å². The number of aryl methyl sites for hydroxylation is 1. The van der Waals surface area contributed by atoms with Gasteiger partial charge in [0.1, 0.15) is 0 Å². The van der Waals surface area contributed by atoms with E-state index in [9.17, 15) is 0 Å². The number of nitrogens with one attached hydrogen (secondary N) is 1. The molecular formula is C15H26N4. The van der Waals surface area contributed by atoms with E-state index in [1.807, 2.05) is 13.0 Å². The molecule has 1 aliphatic rings. The van der Waals surface area contributed by atoms with Gasteiger partial charge in [0.25, 0.3) is 0 Å². The Morgan fingerprint density at radius 2 is 2.00 bits per heavy atom. The van der Waals surface area contributed by atoms with Crippen molar-refractivity contribution in [1.29, 1.82) is 0 Å². The van der Waals surface area contributed by atoms with Gasteiger partial charge >= 0.3 is 0 Å². The van der Waals surface area contributed by atoms with Gasteiger partial charge in [-0.15, -0.1) is 5.10 Å². The van der Waals surface area contributed by atoms with Gasteiger partial charge in [-0.2, -0.15) is 5.10 Å². The molecule has 1 fully saturated rings. The molecule has 0 unspecified atom stereocenters. The Bertz CT molecular complexity index is 366. The molecule has 1 N–H and O–H groups in total. The summed E-state index contributed by atoms with van der Waals surface area (Å²) in [4.78, 5) is 2.35. The molecule has 0 saturated carbocycles. The standard InChI is InChI=1S/C15H26N4/c1-12(2)10-16-11-14-6-8-19(9-7-14)15-5-4-13(3)17-18-15/h4-5,12,14,16H,6-11H2,1-3H3. The molecule has 1 aromatic rings. The van der Waals surface area contributed by atoms with E-state index in [-0.39, 0.29) is 0 Å². The molecule has 4 nitrogen and oxygen atoms in total. The second-order valence-corrected chi connectivity index (χ2v) is 6.02. The fraction of sp³-hybridized carbons (Fsp3) is 0.733. The van der Waals surface area contributed by atoms with Crippen LogP contribution in [0, 0.1) is 18.8 Å². The van der Waals surface area contributed by atoms with Crippen LogP contribution in [0.1, 0.15) is 32.4 Å². The molecule has 19 heavy (non-hydrogen) atoms. The molecule has 1 aromatic heterocycles. The Labute approximate surface area is 116 Å². The minimum atomic E-state index is 0.739. The second kappa shape index (κ2) is 6.85. The monoisotopic (exact) mass is 262 g/mol. The van der Waals surface area contributed by atoms with Crippen molar-refractivity contribution < 1.29 is 0 Å². The van der Waals surface area contributed by atoms with Gasteiger partial charge in [0, 0.05) is 13.1 Å². The average molecular weight is 262 g/mol. The van der Waals surface area contributed by atoms with E-state index in [4.69, 9.17) is 0 Å². The molecule has 1 aliphatic heterocycles. The molecule has 4 heteroatoms. The van der Waals surface area contributed by atoms with Crippen LogP contribution in [0.15, 0.2) is 12.1 Å². The van der Waals surface area contributed by atoms with E-state index in [1.54, 1.807) is 0 Å². The molecule has 0 atom stereocenters. The Morgan fingerprint density at radius 1 is 1.26 bits per heavy atom. The topological polar surface area (TPSA) is 41.0 Å². The van der Waals surface area contributed by atoms with Crippen LogP contribution < -0.4 is 10.2 Å². The zero-order valence-electron chi connectivity index (χ0n) is 12.4. The molecule has 0 amide bonds. The van der Waals surface area contributed by atoms with Crippen LogP contribution in [0.3, 0.4) is 0 Å². The van der Waals surface area contributed by atoms with Crippen molar-refractivity contribution >= 4 is 5.82 Å². The number of piperidine rings is 1. The van der Waals surface area contributed by atoms with Crippen molar-refractivity contribution in [3.05, 3.63) is 17.8 Å². The van der Waals surface area contributed by atoms with Crippen LogP contribution in [-0.2, 0) is 0 Å². The van der Waals surface area contributed by atoms with Gasteiger partial charge in [-0.3, -0.25) is 0 Å². The van der Waals surface area contributed by atoms with Gasteiger partial charge in [-0.25, -0.2) is 0 Å². The van der Waals surface area contributed by atoms with Crippen LogP contribution in [-0.4, -0.2) is 36.4 Å². The summed E-state index contributed by atoms with van der Waals surface area (Å²) in [7, 11) is 0. The minimum absolute atomic E-state index is 0.739. The fourth-order valence-corrected chi connectivity index (χ4v) is 2.50. The predicted octanol–water partition coefficient (Wildman–Crippen LogP) is 2.25. The lowest BCUT2D eigenvalue weighted by Gasteiger charge is -2.32. The Morgan fingerprint density at radius 3 is 2.58 bits per heavy atom. The molecule has 0 aliphatic carbocycles. The number of anilines is 1. The maximum absolute atomic E-state index is 4.27. The largest absolute Gasteiger partial charge is 0.355 e. The van der Waals surface area contributed by atoms with Crippen molar-refractivity contribution in [2.45, 2.75) is 33.6 Å². The molecule has 1 saturated heterocycles. The maximum Gasteiger partial charge on any atom is 0.151 e. The second-order valence-electron chi connectivity index (χ2n) is 6.02. The zero-order chi connectivity index (χ0) is 13.7. The quantitative estimate of drug-likeness (QED) is 0.883. The third-order valence-corrected chi connectivity index (χ3v) is 3.71. The molecule has 0 aromatic carbocycles. The van der Waals surface area contributed by atoms with Gasteiger partial charge < -0.3 is 10.2 Å². The van der Waals surface area contributed by atoms with Crippen LogP contribution in [0.4, 0.5) is 5.82 Å². The lowest BCUT2D eigenvalue weighted by molar-refractivity contribution is 0.372. The SMILES string of the molecule is Cc1ccc(N2CCC(CNCC(C)C)CC2)nn1. The highest BCUT2D eigenvalue weighted by molar-refractivity contribution is 5.37. The van der Waals surface area contributed by atoms with E-state index in [0.717, 1.165) is 49.5 Å². The average Bonchev–Trinajstić information content (AvgIpc) is 2.40. The highest BCUT2D eigenvalue weighted by Crippen LogP contribution is 2.20.